The molecule has 0 aliphatic carbocycles. The maximum absolute atomic E-state index is 12.9. The van der Waals surface area contributed by atoms with Gasteiger partial charge in [-0.3, -0.25) is 0 Å². The molecule has 0 bridgehead atoms. The van der Waals surface area contributed by atoms with E-state index < -0.39 is 16.0 Å². The smallest absolute Gasteiger partial charge is 0.716 e. The Bertz CT molecular complexity index is 1380. The van der Waals surface area contributed by atoms with Gasteiger partial charge in [-0.1, -0.05) is 54.1 Å². The Morgan fingerprint density at radius 3 is 2.23 bits per heavy atom. The van der Waals surface area contributed by atoms with E-state index in [4.69, 9.17) is 16.0 Å². The van der Waals surface area contributed by atoms with Gasteiger partial charge in [-0.05, 0) is 35.4 Å². The molecule has 1 heterocycles. The van der Waals surface area contributed by atoms with Crippen LogP contribution in [0.4, 0.5) is 0 Å². The van der Waals surface area contributed by atoms with Crippen LogP contribution >= 0.6 is 11.6 Å². The first-order valence-corrected chi connectivity index (χ1v) is 10.1. The molecule has 3 aromatic carbocycles. The molecule has 9 heteroatoms. The summed E-state index contributed by atoms with van der Waals surface area (Å²) in [5, 5.41) is 1.01. The zero-order valence-corrected chi connectivity index (χ0v) is 19.2. The van der Waals surface area contributed by atoms with Gasteiger partial charge in [0.15, 0.2) is 0 Å². The predicted octanol–water partition coefficient (Wildman–Crippen LogP) is 1.62. The molecule has 1 aromatic heterocycles. The molecule has 0 radical (unpaired) electrons. The molecule has 0 saturated heterocycles. The van der Waals surface area contributed by atoms with Crippen LogP contribution in [0.3, 0.4) is 0 Å². The summed E-state index contributed by atoms with van der Waals surface area (Å²) in [4.78, 5) is 12.9. The van der Waals surface area contributed by atoms with E-state index in [1.807, 2.05) is 30.3 Å². The van der Waals surface area contributed by atoms with Gasteiger partial charge < -0.3 is 13.2 Å². The van der Waals surface area contributed by atoms with E-state index in [1.54, 1.807) is 24.3 Å². The molecule has 0 atom stereocenters. The van der Waals surface area contributed by atoms with Crippen molar-refractivity contribution in [1.82, 2.24) is 0 Å². The number of benzene rings is 3. The van der Waals surface area contributed by atoms with Gasteiger partial charge in [-0.2, -0.15) is 0 Å². The minimum absolute atomic E-state index is 0. The van der Waals surface area contributed by atoms with Gasteiger partial charge in [-0.25, -0.2) is 13.2 Å². The Hall–Kier alpha value is -2.13. The van der Waals surface area contributed by atoms with Gasteiger partial charge in [0.1, 0.15) is 11.3 Å². The SMILES string of the molecule is O=c1oc2cc(OS(=O)(=O)[O-])ccc2c(-c2ccccc2)c1-c1cccc(Cl)c1.[Na+]. The van der Waals surface area contributed by atoms with Crippen LogP contribution < -0.4 is 39.4 Å². The van der Waals surface area contributed by atoms with Crippen molar-refractivity contribution in [2.24, 2.45) is 0 Å². The minimum Gasteiger partial charge on any atom is -0.716 e. The van der Waals surface area contributed by atoms with Crippen LogP contribution in [-0.2, 0) is 10.4 Å². The Morgan fingerprint density at radius 2 is 1.57 bits per heavy atom. The zero-order valence-electron chi connectivity index (χ0n) is 15.7. The fourth-order valence-corrected chi connectivity index (χ4v) is 3.69. The average molecular weight is 451 g/mol. The summed E-state index contributed by atoms with van der Waals surface area (Å²) in [7, 11) is -4.96. The third-order valence-corrected chi connectivity index (χ3v) is 4.88. The first-order valence-electron chi connectivity index (χ1n) is 8.39. The molecule has 0 fully saturated rings. The molecular weight excluding hydrogens is 439 g/mol. The molecule has 146 valence electrons. The van der Waals surface area contributed by atoms with Crippen molar-refractivity contribution in [1.29, 1.82) is 0 Å². The fourth-order valence-electron chi connectivity index (χ4n) is 3.16. The van der Waals surface area contributed by atoms with Crippen LogP contribution in [0.15, 0.2) is 82.0 Å². The molecule has 0 amide bonds. The molecule has 6 nitrogen and oxygen atoms in total. The van der Waals surface area contributed by atoms with E-state index in [0.717, 1.165) is 5.56 Å². The maximum atomic E-state index is 12.9. The molecule has 0 aliphatic rings. The number of halogens is 1. The summed E-state index contributed by atoms with van der Waals surface area (Å²) in [5.74, 6) is -0.245. The standard InChI is InChI=1S/C21H13ClO6S.Na/c22-15-8-4-7-14(11-15)20-19(13-5-2-1-3-6-13)17-10-9-16(28-29(24,25)26)12-18(17)27-21(20)23;/h1-12H,(H,24,25,26);/q;+1/p-1. The van der Waals surface area contributed by atoms with E-state index in [1.165, 1.54) is 18.2 Å². The van der Waals surface area contributed by atoms with Gasteiger partial charge in [-0.15, -0.1) is 0 Å². The zero-order chi connectivity index (χ0) is 20.6. The van der Waals surface area contributed by atoms with E-state index in [-0.39, 0.29) is 40.9 Å². The van der Waals surface area contributed by atoms with Crippen LogP contribution in [0.5, 0.6) is 5.75 Å². The third kappa shape index (κ3) is 4.78. The second-order valence-electron chi connectivity index (χ2n) is 6.17. The molecule has 0 unspecified atom stereocenters. The van der Waals surface area contributed by atoms with E-state index in [0.29, 0.717) is 27.1 Å². The predicted molar refractivity (Wildman–Crippen MR) is 109 cm³/mol. The maximum Gasteiger partial charge on any atom is 1.00 e. The number of fused-ring (bicyclic) bond motifs is 1. The van der Waals surface area contributed by atoms with Crippen LogP contribution in [0.1, 0.15) is 0 Å². The molecule has 0 aliphatic heterocycles. The molecule has 0 saturated carbocycles. The Kier molecular flexibility index (Phi) is 6.71. The van der Waals surface area contributed by atoms with Crippen molar-refractivity contribution in [3.8, 4) is 28.0 Å². The normalized spacial score (nSPS) is 11.1. The first kappa shape index (κ1) is 22.6. The summed E-state index contributed by atoms with van der Waals surface area (Å²) in [6, 6.07) is 20.1. The van der Waals surface area contributed by atoms with Crippen LogP contribution in [-0.4, -0.2) is 13.0 Å². The average Bonchev–Trinajstić information content (AvgIpc) is 2.66. The van der Waals surface area contributed by atoms with Crippen LogP contribution in [0.25, 0.3) is 33.2 Å². The molecule has 4 aromatic rings. The summed E-state index contributed by atoms with van der Waals surface area (Å²) < 4.78 is 42.4. The number of hydrogen-bond acceptors (Lipinski definition) is 6. The van der Waals surface area contributed by atoms with Crippen molar-refractivity contribution < 1.29 is 51.1 Å². The topological polar surface area (TPSA) is 96.6 Å². The van der Waals surface area contributed by atoms with Crippen LogP contribution in [0, 0.1) is 0 Å². The van der Waals surface area contributed by atoms with Crippen molar-refractivity contribution >= 4 is 33.0 Å². The molecule has 30 heavy (non-hydrogen) atoms. The van der Waals surface area contributed by atoms with E-state index in [2.05, 4.69) is 4.18 Å². The van der Waals surface area contributed by atoms with Crippen molar-refractivity contribution in [2.75, 3.05) is 0 Å². The van der Waals surface area contributed by atoms with Gasteiger partial charge >= 0.3 is 35.2 Å². The molecule has 0 spiro atoms. The van der Waals surface area contributed by atoms with Crippen molar-refractivity contribution in [3.05, 3.63) is 88.2 Å². The van der Waals surface area contributed by atoms with Gasteiger partial charge in [0.2, 0.25) is 0 Å². The third-order valence-electron chi connectivity index (χ3n) is 4.25. The molecule has 4 rings (SSSR count). The second kappa shape index (κ2) is 8.93. The monoisotopic (exact) mass is 450 g/mol. The Labute approximate surface area is 199 Å². The number of rotatable bonds is 4. The summed E-state index contributed by atoms with van der Waals surface area (Å²) in [6.07, 6.45) is 0. The van der Waals surface area contributed by atoms with Gasteiger partial charge in [0.05, 0.1) is 5.56 Å². The summed E-state index contributed by atoms with van der Waals surface area (Å²) in [5.41, 5.74) is 1.69. The largest absolute Gasteiger partial charge is 1.00 e. The number of hydrogen-bond donors (Lipinski definition) is 0. The van der Waals surface area contributed by atoms with E-state index in [9.17, 15) is 17.8 Å². The second-order valence-corrected chi connectivity index (χ2v) is 7.59. The van der Waals surface area contributed by atoms with Crippen molar-refractivity contribution in [3.63, 3.8) is 0 Å². The minimum atomic E-state index is -4.96. The molecular formula is C21H12ClNaO6S. The van der Waals surface area contributed by atoms with E-state index >= 15 is 0 Å². The summed E-state index contributed by atoms with van der Waals surface area (Å²) in [6.45, 7) is 0. The Balaban J connectivity index is 0.00000256. The van der Waals surface area contributed by atoms with Crippen LogP contribution in [0.2, 0.25) is 5.02 Å². The summed E-state index contributed by atoms with van der Waals surface area (Å²) >= 11 is 6.11. The van der Waals surface area contributed by atoms with Gasteiger partial charge in [0, 0.05) is 22.0 Å². The van der Waals surface area contributed by atoms with Gasteiger partial charge in [0.25, 0.3) is 10.4 Å². The quantitative estimate of drug-likeness (QED) is 0.203. The Morgan fingerprint density at radius 1 is 0.867 bits per heavy atom. The first-order chi connectivity index (χ1) is 13.8. The fraction of sp³-hybridized carbons (Fsp3) is 0. The van der Waals surface area contributed by atoms with Crippen molar-refractivity contribution in [2.45, 2.75) is 0 Å². The molecule has 0 N–H and O–H groups in total.